The van der Waals surface area contributed by atoms with Crippen LogP contribution in [0.2, 0.25) is 5.02 Å². The zero-order valence-electron chi connectivity index (χ0n) is 24.3. The number of ether oxygens (including phenoxy) is 2. The van der Waals surface area contributed by atoms with Gasteiger partial charge in [0.1, 0.15) is 29.2 Å². The van der Waals surface area contributed by atoms with Crippen LogP contribution in [-0.4, -0.2) is 88.4 Å². The maximum atomic E-state index is 16.1. The van der Waals surface area contributed by atoms with Crippen LogP contribution in [0.3, 0.4) is 0 Å². The first-order valence-corrected chi connectivity index (χ1v) is 14.5. The van der Waals surface area contributed by atoms with Crippen LogP contribution in [0.5, 0.6) is 6.01 Å². The third kappa shape index (κ3) is 6.50. The fraction of sp³-hybridized carbons (Fsp3) is 0.500. The summed E-state index contributed by atoms with van der Waals surface area (Å²) in [6, 6.07) is 8.79. The Morgan fingerprint density at radius 2 is 1.93 bits per heavy atom. The minimum absolute atomic E-state index is 0.0661. The Kier molecular flexibility index (Phi) is 8.66. The number of carbonyl (C=O) groups excluding carboxylic acids is 1. The van der Waals surface area contributed by atoms with Crippen LogP contribution in [0.15, 0.2) is 30.5 Å². The van der Waals surface area contributed by atoms with E-state index in [0.717, 1.165) is 19.4 Å². The van der Waals surface area contributed by atoms with E-state index in [1.54, 1.807) is 56.1 Å². The second kappa shape index (κ2) is 12.2. The maximum Gasteiger partial charge on any atom is 0.410 e. The standard InChI is InChI=1S/C30H35ClFN7O3/c1-30(2,3)42-29(40)39-15-14-38(17-21(39)11-12-33)27-23-16-34-25(19-7-9-20(31)10-8-19)24(32)26(23)35-28(36-27)41-18-22-6-5-13-37(22)4/h7-10,16,21-22H,5-6,11,13-15,17-18H2,1-4H3/t21-,22-/m0/s1. The van der Waals surface area contributed by atoms with Crippen molar-refractivity contribution in [2.45, 2.75) is 57.7 Å². The lowest BCUT2D eigenvalue weighted by atomic mass is 10.1. The molecule has 5 rings (SSSR count). The van der Waals surface area contributed by atoms with E-state index >= 15 is 4.39 Å². The summed E-state index contributed by atoms with van der Waals surface area (Å²) >= 11 is 6.04. The van der Waals surface area contributed by atoms with Crippen molar-refractivity contribution in [1.29, 1.82) is 5.26 Å². The number of benzene rings is 1. The number of pyridine rings is 1. The van der Waals surface area contributed by atoms with Crippen LogP contribution in [0, 0.1) is 17.1 Å². The smallest absolute Gasteiger partial charge is 0.410 e. The van der Waals surface area contributed by atoms with Crippen LogP contribution in [0.4, 0.5) is 15.0 Å². The van der Waals surface area contributed by atoms with E-state index in [1.807, 2.05) is 4.90 Å². The molecule has 0 aliphatic carbocycles. The van der Waals surface area contributed by atoms with Gasteiger partial charge in [-0.2, -0.15) is 15.2 Å². The second-order valence-corrected chi connectivity index (χ2v) is 12.2. The minimum atomic E-state index is -0.668. The topological polar surface area (TPSA) is 108 Å². The lowest BCUT2D eigenvalue weighted by Gasteiger charge is -2.41. The first-order valence-electron chi connectivity index (χ1n) is 14.1. The maximum absolute atomic E-state index is 16.1. The highest BCUT2D eigenvalue weighted by Gasteiger charge is 2.35. The molecule has 0 N–H and O–H groups in total. The molecule has 0 unspecified atom stereocenters. The van der Waals surface area contributed by atoms with E-state index < -0.39 is 23.6 Å². The number of hydrogen-bond acceptors (Lipinski definition) is 9. The normalized spacial score (nSPS) is 19.6. The van der Waals surface area contributed by atoms with Crippen molar-refractivity contribution in [3.05, 3.63) is 41.3 Å². The summed E-state index contributed by atoms with van der Waals surface area (Å²) in [5, 5.41) is 10.5. The van der Waals surface area contributed by atoms with Gasteiger partial charge >= 0.3 is 12.1 Å². The molecule has 3 aromatic rings. The van der Waals surface area contributed by atoms with Crippen molar-refractivity contribution in [3.63, 3.8) is 0 Å². The number of aromatic nitrogens is 3. The van der Waals surface area contributed by atoms with Crippen LogP contribution < -0.4 is 9.64 Å². The summed E-state index contributed by atoms with van der Waals surface area (Å²) in [5.41, 5.74) is 0.122. The third-order valence-corrected chi connectivity index (χ3v) is 7.83. The number of carbonyl (C=O) groups is 1. The minimum Gasteiger partial charge on any atom is -0.462 e. The van der Waals surface area contributed by atoms with Gasteiger partial charge < -0.3 is 24.2 Å². The molecule has 0 bridgehead atoms. The van der Waals surface area contributed by atoms with Crippen molar-refractivity contribution in [2.24, 2.45) is 0 Å². The predicted molar refractivity (Wildman–Crippen MR) is 158 cm³/mol. The fourth-order valence-corrected chi connectivity index (χ4v) is 5.51. The van der Waals surface area contributed by atoms with Gasteiger partial charge in [-0.05, 0) is 59.3 Å². The zero-order chi connectivity index (χ0) is 30.0. The molecular weight excluding hydrogens is 561 g/mol. The van der Waals surface area contributed by atoms with Crippen molar-refractivity contribution < 1.29 is 18.7 Å². The lowest BCUT2D eigenvalue weighted by molar-refractivity contribution is 0.0145. The molecule has 1 amide bonds. The molecule has 222 valence electrons. The van der Waals surface area contributed by atoms with E-state index in [1.165, 1.54) is 0 Å². The van der Waals surface area contributed by atoms with Crippen LogP contribution in [0.1, 0.15) is 40.0 Å². The molecule has 1 aromatic carbocycles. The molecule has 0 saturated carbocycles. The Hall–Kier alpha value is -3.75. The summed E-state index contributed by atoms with van der Waals surface area (Å²) in [6.07, 6.45) is 3.27. The Morgan fingerprint density at radius 3 is 2.60 bits per heavy atom. The Morgan fingerprint density at radius 1 is 1.17 bits per heavy atom. The van der Waals surface area contributed by atoms with Gasteiger partial charge in [0.05, 0.1) is 23.9 Å². The third-order valence-electron chi connectivity index (χ3n) is 7.57. The molecule has 42 heavy (non-hydrogen) atoms. The fourth-order valence-electron chi connectivity index (χ4n) is 5.39. The number of likely N-dealkylation sites (tertiary alicyclic amines) is 1. The monoisotopic (exact) mass is 595 g/mol. The number of nitriles is 1. The SMILES string of the molecule is CN1CCC[C@H]1COc1nc(N2CCN(C(=O)OC(C)(C)C)[C@@H](CC#N)C2)c2cnc(-c3ccc(Cl)cc3)c(F)c2n1. The van der Waals surface area contributed by atoms with E-state index in [9.17, 15) is 10.1 Å². The molecule has 2 aliphatic rings. The number of likely N-dealkylation sites (N-methyl/N-ethyl adjacent to an activating group) is 1. The van der Waals surface area contributed by atoms with Crippen molar-refractivity contribution >= 4 is 34.4 Å². The number of anilines is 1. The molecule has 2 saturated heterocycles. The van der Waals surface area contributed by atoms with Gasteiger partial charge in [-0.1, -0.05) is 23.7 Å². The van der Waals surface area contributed by atoms with Gasteiger partial charge in [0.2, 0.25) is 0 Å². The van der Waals surface area contributed by atoms with Crippen molar-refractivity contribution in [2.75, 3.05) is 44.7 Å². The van der Waals surface area contributed by atoms with Crippen LogP contribution in [0.25, 0.3) is 22.2 Å². The van der Waals surface area contributed by atoms with Crippen LogP contribution in [-0.2, 0) is 4.74 Å². The molecule has 4 heterocycles. The Balaban J connectivity index is 1.52. The molecule has 2 aromatic heterocycles. The molecule has 10 nitrogen and oxygen atoms in total. The molecular formula is C30H35ClFN7O3. The van der Waals surface area contributed by atoms with Gasteiger partial charge in [-0.3, -0.25) is 4.98 Å². The molecule has 2 aliphatic heterocycles. The molecule has 2 atom stereocenters. The highest BCUT2D eigenvalue weighted by atomic mass is 35.5. The van der Waals surface area contributed by atoms with Crippen molar-refractivity contribution in [3.8, 4) is 23.3 Å². The highest BCUT2D eigenvalue weighted by Crippen LogP contribution is 2.34. The van der Waals surface area contributed by atoms with E-state index in [0.29, 0.717) is 48.0 Å². The highest BCUT2D eigenvalue weighted by molar-refractivity contribution is 6.30. The number of hydrogen-bond donors (Lipinski definition) is 0. The van der Waals surface area contributed by atoms with E-state index in [4.69, 9.17) is 26.1 Å². The molecule has 2 fully saturated rings. The van der Waals surface area contributed by atoms with E-state index in [2.05, 4.69) is 28.0 Å². The average molecular weight is 596 g/mol. The quantitative estimate of drug-likeness (QED) is 0.375. The summed E-state index contributed by atoms with van der Waals surface area (Å²) in [5.74, 6) is -0.155. The van der Waals surface area contributed by atoms with E-state index in [-0.39, 0.29) is 29.7 Å². The number of amides is 1. The number of nitrogens with zero attached hydrogens (tertiary/aromatic N) is 7. The van der Waals surface area contributed by atoms with Gasteiger partial charge in [-0.15, -0.1) is 0 Å². The second-order valence-electron chi connectivity index (χ2n) is 11.7. The van der Waals surface area contributed by atoms with Crippen LogP contribution >= 0.6 is 11.6 Å². The number of piperazine rings is 1. The summed E-state index contributed by atoms with van der Waals surface area (Å²) in [7, 11) is 2.05. The van der Waals surface area contributed by atoms with Gasteiger partial charge in [0, 0.05) is 42.5 Å². The first-order chi connectivity index (χ1) is 20.0. The van der Waals surface area contributed by atoms with Gasteiger partial charge in [-0.25, -0.2) is 9.18 Å². The van der Waals surface area contributed by atoms with Gasteiger partial charge in [0.25, 0.3) is 0 Å². The van der Waals surface area contributed by atoms with Gasteiger partial charge in [0.15, 0.2) is 5.82 Å². The summed E-state index contributed by atoms with van der Waals surface area (Å²) < 4.78 is 27.8. The summed E-state index contributed by atoms with van der Waals surface area (Å²) in [6.45, 7) is 7.76. The number of rotatable bonds is 6. The molecule has 12 heteroatoms. The molecule has 0 spiro atoms. The summed E-state index contributed by atoms with van der Waals surface area (Å²) in [4.78, 5) is 32.4. The van der Waals surface area contributed by atoms with Crippen molar-refractivity contribution in [1.82, 2.24) is 24.8 Å². The zero-order valence-corrected chi connectivity index (χ0v) is 25.1. The number of fused-ring (bicyclic) bond motifs is 1. The number of halogens is 2. The molecule has 0 radical (unpaired) electrons. The lowest BCUT2D eigenvalue weighted by Crippen LogP contribution is -2.56. The first kappa shape index (κ1) is 29.7. The largest absolute Gasteiger partial charge is 0.462 e. The Bertz CT molecular complexity index is 1490. The Labute approximate surface area is 250 Å². The average Bonchev–Trinajstić information content (AvgIpc) is 3.36. The predicted octanol–water partition coefficient (Wildman–Crippen LogP) is 5.30.